The maximum atomic E-state index is 4.94. The SMILES string of the molecule is CCc1cc(N2Cc3ccccc3C(C)(C)C2)nc(NC2CCCCC2)n1. The van der Waals surface area contributed by atoms with Crippen LogP contribution in [0.4, 0.5) is 11.8 Å². The van der Waals surface area contributed by atoms with Crippen LogP contribution >= 0.6 is 0 Å². The summed E-state index contributed by atoms with van der Waals surface area (Å²) in [4.78, 5) is 12.1. The number of nitrogens with zero attached hydrogens (tertiary/aromatic N) is 3. The third kappa shape index (κ3) is 3.95. The van der Waals surface area contributed by atoms with Crippen LogP contribution in [0.3, 0.4) is 0 Å². The minimum absolute atomic E-state index is 0.114. The van der Waals surface area contributed by atoms with E-state index in [0.717, 1.165) is 37.0 Å². The Balaban J connectivity index is 1.62. The number of aryl methyl sites for hydroxylation is 1. The number of hydrogen-bond donors (Lipinski definition) is 1. The van der Waals surface area contributed by atoms with Crippen LogP contribution < -0.4 is 10.2 Å². The van der Waals surface area contributed by atoms with E-state index in [1.165, 1.54) is 43.2 Å². The summed E-state index contributed by atoms with van der Waals surface area (Å²) in [6, 6.07) is 11.5. The molecule has 4 rings (SSSR count). The van der Waals surface area contributed by atoms with Crippen LogP contribution in [0.5, 0.6) is 0 Å². The van der Waals surface area contributed by atoms with Crippen LogP contribution in [0, 0.1) is 0 Å². The highest BCUT2D eigenvalue weighted by atomic mass is 15.2. The second-order valence-electron chi connectivity index (χ2n) is 8.77. The summed E-state index contributed by atoms with van der Waals surface area (Å²) in [6.45, 7) is 8.74. The molecule has 2 aliphatic rings. The third-order valence-corrected chi connectivity index (χ3v) is 6.08. The molecular weight excluding hydrogens is 332 g/mol. The van der Waals surface area contributed by atoms with Gasteiger partial charge in [-0.15, -0.1) is 0 Å². The van der Waals surface area contributed by atoms with Gasteiger partial charge in [0.25, 0.3) is 0 Å². The standard InChI is InChI=1S/C23H32N4/c1-4-18-14-21(26-22(24-18)25-19-11-6-5-7-12-19)27-15-17-10-8-9-13-20(17)23(2,3)16-27/h8-10,13-14,19H,4-7,11-12,15-16H2,1-3H3,(H,24,25,26). The number of fused-ring (bicyclic) bond motifs is 1. The molecule has 4 nitrogen and oxygen atoms in total. The van der Waals surface area contributed by atoms with Crippen molar-refractivity contribution in [2.45, 2.75) is 77.3 Å². The first-order valence-electron chi connectivity index (χ1n) is 10.5. The molecule has 27 heavy (non-hydrogen) atoms. The summed E-state index contributed by atoms with van der Waals surface area (Å²) in [5.74, 6) is 1.87. The lowest BCUT2D eigenvalue weighted by molar-refractivity contribution is 0.460. The molecule has 0 unspecified atom stereocenters. The molecule has 0 bridgehead atoms. The van der Waals surface area contributed by atoms with Crippen molar-refractivity contribution in [1.29, 1.82) is 0 Å². The van der Waals surface area contributed by atoms with E-state index in [-0.39, 0.29) is 5.41 Å². The summed E-state index contributed by atoms with van der Waals surface area (Å²) in [7, 11) is 0. The van der Waals surface area contributed by atoms with E-state index >= 15 is 0 Å². The van der Waals surface area contributed by atoms with E-state index in [2.05, 4.69) is 61.3 Å². The van der Waals surface area contributed by atoms with Gasteiger partial charge in [0.1, 0.15) is 5.82 Å². The number of aromatic nitrogens is 2. The maximum absolute atomic E-state index is 4.94. The van der Waals surface area contributed by atoms with E-state index in [4.69, 9.17) is 9.97 Å². The second-order valence-corrected chi connectivity index (χ2v) is 8.77. The van der Waals surface area contributed by atoms with Crippen LogP contribution in [0.2, 0.25) is 0 Å². The summed E-state index contributed by atoms with van der Waals surface area (Å²) in [6.07, 6.45) is 7.40. The Morgan fingerprint density at radius 2 is 1.89 bits per heavy atom. The maximum Gasteiger partial charge on any atom is 0.225 e. The highest BCUT2D eigenvalue weighted by molar-refractivity contribution is 5.50. The normalized spacial score (nSPS) is 19.6. The van der Waals surface area contributed by atoms with E-state index in [9.17, 15) is 0 Å². The Kier molecular flexibility index (Phi) is 5.07. The van der Waals surface area contributed by atoms with Crippen LogP contribution in [0.25, 0.3) is 0 Å². The van der Waals surface area contributed by atoms with Crippen molar-refractivity contribution >= 4 is 11.8 Å². The van der Waals surface area contributed by atoms with Gasteiger partial charge >= 0.3 is 0 Å². The third-order valence-electron chi connectivity index (χ3n) is 6.08. The van der Waals surface area contributed by atoms with Gasteiger partial charge in [-0.1, -0.05) is 64.3 Å². The minimum Gasteiger partial charge on any atom is -0.351 e. The van der Waals surface area contributed by atoms with Gasteiger partial charge in [0.15, 0.2) is 0 Å². The number of anilines is 2. The van der Waals surface area contributed by atoms with Gasteiger partial charge in [-0.3, -0.25) is 0 Å². The van der Waals surface area contributed by atoms with Gasteiger partial charge in [0, 0.05) is 36.3 Å². The predicted molar refractivity (Wildman–Crippen MR) is 112 cm³/mol. The van der Waals surface area contributed by atoms with Gasteiger partial charge in [0.2, 0.25) is 5.95 Å². The number of rotatable bonds is 4. The highest BCUT2D eigenvalue weighted by Crippen LogP contribution is 2.35. The van der Waals surface area contributed by atoms with Gasteiger partial charge in [-0.05, 0) is 30.4 Å². The smallest absolute Gasteiger partial charge is 0.225 e. The molecule has 2 heterocycles. The fourth-order valence-corrected chi connectivity index (χ4v) is 4.62. The first-order chi connectivity index (χ1) is 13.0. The monoisotopic (exact) mass is 364 g/mol. The largest absolute Gasteiger partial charge is 0.351 e. The number of nitrogens with one attached hydrogen (secondary N) is 1. The molecule has 1 aliphatic heterocycles. The quantitative estimate of drug-likeness (QED) is 0.821. The number of hydrogen-bond acceptors (Lipinski definition) is 4. The topological polar surface area (TPSA) is 41.1 Å². The summed E-state index contributed by atoms with van der Waals surface area (Å²) in [5.41, 5.74) is 4.11. The minimum atomic E-state index is 0.114. The highest BCUT2D eigenvalue weighted by Gasteiger charge is 2.32. The van der Waals surface area contributed by atoms with Crippen molar-refractivity contribution in [3.63, 3.8) is 0 Å². The average Bonchev–Trinajstić information content (AvgIpc) is 2.68. The molecule has 0 atom stereocenters. The van der Waals surface area contributed by atoms with Crippen molar-refractivity contribution in [1.82, 2.24) is 9.97 Å². The molecule has 0 amide bonds. The Morgan fingerprint density at radius 3 is 2.67 bits per heavy atom. The van der Waals surface area contributed by atoms with Crippen molar-refractivity contribution in [2.24, 2.45) is 0 Å². The van der Waals surface area contributed by atoms with Crippen LogP contribution in [-0.4, -0.2) is 22.6 Å². The van der Waals surface area contributed by atoms with Crippen molar-refractivity contribution in [2.75, 3.05) is 16.8 Å². The Morgan fingerprint density at radius 1 is 1.11 bits per heavy atom. The fraction of sp³-hybridized carbons (Fsp3) is 0.565. The average molecular weight is 365 g/mol. The fourth-order valence-electron chi connectivity index (χ4n) is 4.62. The zero-order valence-corrected chi connectivity index (χ0v) is 17.0. The van der Waals surface area contributed by atoms with Gasteiger partial charge < -0.3 is 10.2 Å². The van der Waals surface area contributed by atoms with E-state index < -0.39 is 0 Å². The Hall–Kier alpha value is -2.10. The van der Waals surface area contributed by atoms with E-state index in [0.29, 0.717) is 6.04 Å². The molecule has 1 fully saturated rings. The van der Waals surface area contributed by atoms with E-state index in [1.807, 2.05) is 0 Å². The molecule has 144 valence electrons. The van der Waals surface area contributed by atoms with Crippen LogP contribution in [-0.2, 0) is 18.4 Å². The zero-order chi connectivity index (χ0) is 18.9. The Bertz CT molecular complexity index is 793. The van der Waals surface area contributed by atoms with Crippen molar-refractivity contribution < 1.29 is 0 Å². The number of benzene rings is 1. The summed E-state index contributed by atoms with van der Waals surface area (Å²) < 4.78 is 0. The first-order valence-corrected chi connectivity index (χ1v) is 10.5. The van der Waals surface area contributed by atoms with Crippen LogP contribution in [0.15, 0.2) is 30.3 Å². The van der Waals surface area contributed by atoms with Crippen LogP contribution in [0.1, 0.15) is 69.7 Å². The molecule has 1 N–H and O–H groups in total. The Labute approximate surface area is 163 Å². The molecular formula is C23H32N4. The molecule has 2 aromatic rings. The van der Waals surface area contributed by atoms with E-state index in [1.54, 1.807) is 0 Å². The molecule has 1 aliphatic carbocycles. The first kappa shape index (κ1) is 18.3. The molecule has 0 radical (unpaired) electrons. The molecule has 0 saturated heterocycles. The molecule has 1 saturated carbocycles. The predicted octanol–water partition coefficient (Wildman–Crippen LogP) is 5.08. The zero-order valence-electron chi connectivity index (χ0n) is 17.0. The van der Waals surface area contributed by atoms with Gasteiger partial charge in [-0.25, -0.2) is 4.98 Å². The summed E-state index contributed by atoms with van der Waals surface area (Å²) >= 11 is 0. The summed E-state index contributed by atoms with van der Waals surface area (Å²) in [5, 5.41) is 3.63. The van der Waals surface area contributed by atoms with Gasteiger partial charge in [0.05, 0.1) is 0 Å². The lowest BCUT2D eigenvalue weighted by atomic mass is 9.78. The van der Waals surface area contributed by atoms with Crippen molar-refractivity contribution in [3.05, 3.63) is 47.2 Å². The lowest BCUT2D eigenvalue weighted by Gasteiger charge is -2.40. The van der Waals surface area contributed by atoms with Gasteiger partial charge in [-0.2, -0.15) is 4.98 Å². The molecule has 1 aromatic carbocycles. The second kappa shape index (κ2) is 7.49. The molecule has 1 aromatic heterocycles. The molecule has 0 spiro atoms. The van der Waals surface area contributed by atoms with Crippen molar-refractivity contribution in [3.8, 4) is 0 Å². The lowest BCUT2D eigenvalue weighted by Crippen LogP contribution is -2.42. The molecule has 4 heteroatoms.